The van der Waals surface area contributed by atoms with Gasteiger partial charge in [-0.2, -0.15) is 0 Å². The van der Waals surface area contributed by atoms with Crippen molar-refractivity contribution in [1.29, 1.82) is 0 Å². The summed E-state index contributed by atoms with van der Waals surface area (Å²) in [4.78, 5) is 14.7. The molecule has 33 heavy (non-hydrogen) atoms. The number of carbonyl (C=O) groups excluding carboxylic acids is 1. The number of allylic oxidation sites excluding steroid dienone is 1. The molecule has 5 heteroatoms. The van der Waals surface area contributed by atoms with Crippen LogP contribution in [0.2, 0.25) is 0 Å². The lowest BCUT2D eigenvalue weighted by Gasteiger charge is -2.23. The Morgan fingerprint density at radius 3 is 2.33 bits per heavy atom. The fraction of sp³-hybridized carbons (Fsp3) is 0.250. The Kier molecular flexibility index (Phi) is 5.78. The molecule has 0 N–H and O–H groups in total. The number of hydrogen-bond donors (Lipinski definition) is 0. The van der Waals surface area contributed by atoms with Crippen molar-refractivity contribution in [3.63, 3.8) is 0 Å². The molecule has 0 aromatic heterocycles. The van der Waals surface area contributed by atoms with Crippen LogP contribution in [0.25, 0.3) is 17.2 Å². The minimum Gasteiger partial charge on any atom is -0.490 e. The number of nitrogens with zero attached hydrogens (tertiary/aromatic N) is 1. The minimum atomic E-state index is -0.364. The van der Waals surface area contributed by atoms with Crippen LogP contribution < -0.4 is 9.47 Å². The maximum Gasteiger partial charge on any atom is 0.411 e. The van der Waals surface area contributed by atoms with Crippen molar-refractivity contribution in [2.24, 2.45) is 0 Å². The van der Waals surface area contributed by atoms with Gasteiger partial charge in [0.25, 0.3) is 0 Å². The Hall–Kier alpha value is -3.73. The zero-order valence-electron chi connectivity index (χ0n) is 18.9. The smallest absolute Gasteiger partial charge is 0.411 e. The number of cyclic esters (lactones) is 1. The van der Waals surface area contributed by atoms with Crippen molar-refractivity contribution >= 4 is 12.2 Å². The predicted molar refractivity (Wildman–Crippen MR) is 129 cm³/mol. The van der Waals surface area contributed by atoms with E-state index in [1.165, 1.54) is 11.1 Å². The van der Waals surface area contributed by atoms with Crippen molar-refractivity contribution in [3.05, 3.63) is 89.5 Å². The minimum absolute atomic E-state index is 0.146. The average molecular weight is 442 g/mol. The molecule has 1 amide bonds. The van der Waals surface area contributed by atoms with E-state index < -0.39 is 0 Å². The summed E-state index contributed by atoms with van der Waals surface area (Å²) in [5, 5.41) is 0. The van der Waals surface area contributed by atoms with Crippen LogP contribution >= 0.6 is 0 Å². The normalized spacial score (nSPS) is 17.2. The van der Waals surface area contributed by atoms with E-state index in [-0.39, 0.29) is 24.8 Å². The van der Waals surface area contributed by atoms with Gasteiger partial charge >= 0.3 is 6.09 Å². The van der Waals surface area contributed by atoms with Gasteiger partial charge in [0.15, 0.2) is 17.6 Å². The third kappa shape index (κ3) is 3.95. The Bertz CT molecular complexity index is 1160. The number of amides is 1. The maximum absolute atomic E-state index is 12.9. The highest BCUT2D eigenvalue weighted by Crippen LogP contribution is 2.47. The highest BCUT2D eigenvalue weighted by atomic mass is 16.6. The van der Waals surface area contributed by atoms with Crippen molar-refractivity contribution in [2.45, 2.75) is 26.0 Å². The Labute approximate surface area is 194 Å². The summed E-state index contributed by atoms with van der Waals surface area (Å²) in [6.45, 7) is 5.19. The fourth-order valence-electron chi connectivity index (χ4n) is 4.69. The molecule has 1 aliphatic carbocycles. The lowest BCUT2D eigenvalue weighted by molar-refractivity contribution is 0.101. The van der Waals surface area contributed by atoms with Gasteiger partial charge in [0, 0.05) is 0 Å². The van der Waals surface area contributed by atoms with E-state index in [9.17, 15) is 4.79 Å². The lowest BCUT2D eigenvalue weighted by atomic mass is 10.0. The van der Waals surface area contributed by atoms with Crippen LogP contribution in [0.3, 0.4) is 0 Å². The van der Waals surface area contributed by atoms with Crippen LogP contribution in [0.1, 0.15) is 36.6 Å². The summed E-state index contributed by atoms with van der Waals surface area (Å²) in [6, 6.07) is 22.2. The SMILES string of the molecule is C/C=C/c1ccc(OCC)c(OCC2CN(C3c4ccccc4-c4ccccc43)C(=O)O2)c1. The summed E-state index contributed by atoms with van der Waals surface area (Å²) >= 11 is 0. The molecule has 5 rings (SSSR count). The molecular formula is C28H27NO4. The van der Waals surface area contributed by atoms with Gasteiger partial charge in [-0.1, -0.05) is 66.7 Å². The van der Waals surface area contributed by atoms with Gasteiger partial charge in [-0.15, -0.1) is 0 Å². The van der Waals surface area contributed by atoms with Crippen LogP contribution in [-0.2, 0) is 4.74 Å². The molecule has 2 aliphatic rings. The van der Waals surface area contributed by atoms with Gasteiger partial charge in [0.2, 0.25) is 0 Å². The predicted octanol–water partition coefficient (Wildman–Crippen LogP) is 6.09. The fourth-order valence-corrected chi connectivity index (χ4v) is 4.69. The molecule has 0 radical (unpaired) electrons. The average Bonchev–Trinajstić information content (AvgIpc) is 3.36. The van der Waals surface area contributed by atoms with Crippen LogP contribution in [0.5, 0.6) is 11.5 Å². The van der Waals surface area contributed by atoms with E-state index in [4.69, 9.17) is 14.2 Å². The Morgan fingerprint density at radius 1 is 0.970 bits per heavy atom. The first-order valence-corrected chi connectivity index (χ1v) is 11.4. The van der Waals surface area contributed by atoms with Crippen LogP contribution in [0, 0.1) is 0 Å². The molecule has 3 aromatic carbocycles. The van der Waals surface area contributed by atoms with Gasteiger partial charge in [0.05, 0.1) is 19.2 Å². The number of benzene rings is 3. The zero-order valence-corrected chi connectivity index (χ0v) is 18.9. The van der Waals surface area contributed by atoms with Crippen LogP contribution in [0.4, 0.5) is 4.79 Å². The van der Waals surface area contributed by atoms with E-state index in [0.717, 1.165) is 16.7 Å². The Morgan fingerprint density at radius 2 is 1.67 bits per heavy atom. The molecule has 5 nitrogen and oxygen atoms in total. The van der Waals surface area contributed by atoms with E-state index in [0.29, 0.717) is 24.7 Å². The quantitative estimate of drug-likeness (QED) is 0.445. The summed E-state index contributed by atoms with van der Waals surface area (Å²) in [6.07, 6.45) is 3.31. The largest absolute Gasteiger partial charge is 0.490 e. The van der Waals surface area contributed by atoms with Crippen molar-refractivity contribution in [1.82, 2.24) is 4.90 Å². The molecule has 1 aliphatic heterocycles. The number of hydrogen-bond acceptors (Lipinski definition) is 4. The van der Waals surface area contributed by atoms with E-state index in [1.54, 1.807) is 0 Å². The van der Waals surface area contributed by atoms with Gasteiger partial charge in [-0.05, 0) is 53.8 Å². The van der Waals surface area contributed by atoms with Crippen molar-refractivity contribution in [2.75, 3.05) is 19.8 Å². The first kappa shape index (κ1) is 21.1. The van der Waals surface area contributed by atoms with Gasteiger partial charge < -0.3 is 14.2 Å². The summed E-state index contributed by atoms with van der Waals surface area (Å²) in [7, 11) is 0. The van der Waals surface area contributed by atoms with E-state index in [2.05, 4.69) is 24.3 Å². The monoisotopic (exact) mass is 441 g/mol. The Balaban J connectivity index is 1.35. The molecule has 1 atom stereocenters. The van der Waals surface area contributed by atoms with Crippen LogP contribution in [-0.4, -0.2) is 36.9 Å². The van der Waals surface area contributed by atoms with Gasteiger partial charge in [-0.25, -0.2) is 4.79 Å². The topological polar surface area (TPSA) is 48.0 Å². The molecule has 1 unspecified atom stereocenters. The highest BCUT2D eigenvalue weighted by Gasteiger charge is 2.42. The molecular weight excluding hydrogens is 414 g/mol. The molecule has 168 valence electrons. The second-order valence-electron chi connectivity index (χ2n) is 8.19. The van der Waals surface area contributed by atoms with Gasteiger partial charge in [-0.3, -0.25) is 4.90 Å². The first-order valence-electron chi connectivity index (χ1n) is 11.4. The summed E-state index contributed by atoms with van der Waals surface area (Å²) in [5.41, 5.74) is 5.64. The highest BCUT2D eigenvalue weighted by molar-refractivity contribution is 5.81. The second-order valence-corrected chi connectivity index (χ2v) is 8.19. The van der Waals surface area contributed by atoms with Crippen molar-refractivity contribution in [3.8, 4) is 22.6 Å². The summed E-state index contributed by atoms with van der Waals surface area (Å²) in [5.74, 6) is 1.34. The number of ether oxygens (including phenoxy) is 3. The maximum atomic E-state index is 12.9. The third-order valence-electron chi connectivity index (χ3n) is 6.07. The first-order chi connectivity index (χ1) is 16.2. The molecule has 0 saturated carbocycles. The third-order valence-corrected chi connectivity index (χ3v) is 6.07. The molecule has 1 saturated heterocycles. The second kappa shape index (κ2) is 9.02. The molecule has 3 aromatic rings. The van der Waals surface area contributed by atoms with E-state index >= 15 is 0 Å². The van der Waals surface area contributed by atoms with Crippen molar-refractivity contribution < 1.29 is 19.0 Å². The molecule has 0 spiro atoms. The van der Waals surface area contributed by atoms with E-state index in [1.807, 2.05) is 73.4 Å². The summed E-state index contributed by atoms with van der Waals surface area (Å²) < 4.78 is 17.5. The lowest BCUT2D eigenvalue weighted by Crippen LogP contribution is -2.31. The number of carbonyl (C=O) groups is 1. The molecule has 0 bridgehead atoms. The standard InChI is InChI=1S/C28H27NO4/c1-3-9-19-14-15-25(31-4-2)26(16-19)32-18-20-17-29(28(30)33-20)27-23-12-7-5-10-21(23)22-11-6-8-13-24(22)27/h3,5-16,20,27H,4,17-18H2,1-2H3/b9-3+. The zero-order chi connectivity index (χ0) is 22.8. The number of fused-ring (bicyclic) bond motifs is 3. The molecule has 1 heterocycles. The molecule has 1 fully saturated rings. The number of rotatable bonds is 7. The van der Waals surface area contributed by atoms with Gasteiger partial charge in [0.1, 0.15) is 6.61 Å². The van der Waals surface area contributed by atoms with Crippen LogP contribution in [0.15, 0.2) is 72.8 Å².